The monoisotopic (exact) mass is 532 g/mol. The molecule has 9 heteroatoms. The molecule has 0 spiro atoms. The van der Waals surface area contributed by atoms with Crippen LogP contribution in [0, 0.1) is 0 Å². The summed E-state index contributed by atoms with van der Waals surface area (Å²) < 4.78 is 34.5. The van der Waals surface area contributed by atoms with E-state index < -0.39 is 10.0 Å². The second kappa shape index (κ2) is 12.1. The molecule has 1 fully saturated rings. The largest absolute Gasteiger partial charge is 0.496 e. The van der Waals surface area contributed by atoms with Crippen LogP contribution in [-0.4, -0.2) is 68.9 Å². The molecule has 0 aliphatic carbocycles. The number of para-hydroxylation sites is 1. The van der Waals surface area contributed by atoms with Crippen molar-refractivity contribution >= 4 is 32.5 Å². The standard InChI is InChI=1S/C29H32N4O4S/c1-4-8-22(9-5-2)21-32-16-18-33(19-17-32)29(34)25-14-13-24(20-26(25)37-3)31-38(35,36)27-12-6-10-23-11-7-15-30-28(23)27/h4-15,20,31H,1,16-19,21H2,2-3H3/b9-5-,22-8+. The fraction of sp³-hybridized carbons (Fsp3) is 0.241. The Morgan fingerprint density at radius 2 is 1.89 bits per heavy atom. The van der Waals surface area contributed by atoms with Crippen LogP contribution in [0.15, 0.2) is 96.1 Å². The van der Waals surface area contributed by atoms with Crippen molar-refractivity contribution in [1.82, 2.24) is 14.8 Å². The number of hydrogen-bond donors (Lipinski definition) is 1. The van der Waals surface area contributed by atoms with E-state index in [-0.39, 0.29) is 10.8 Å². The lowest BCUT2D eigenvalue weighted by atomic mass is 10.1. The lowest BCUT2D eigenvalue weighted by molar-refractivity contribution is 0.0645. The van der Waals surface area contributed by atoms with Crippen LogP contribution in [0.3, 0.4) is 0 Å². The van der Waals surface area contributed by atoms with Crippen molar-refractivity contribution in [3.8, 4) is 5.75 Å². The number of nitrogens with one attached hydrogen (secondary N) is 1. The van der Waals surface area contributed by atoms with Crippen molar-refractivity contribution < 1.29 is 17.9 Å². The van der Waals surface area contributed by atoms with Gasteiger partial charge in [-0.3, -0.25) is 19.4 Å². The fourth-order valence-corrected chi connectivity index (χ4v) is 5.73. The van der Waals surface area contributed by atoms with E-state index in [1.165, 1.54) is 24.8 Å². The van der Waals surface area contributed by atoms with Gasteiger partial charge in [-0.2, -0.15) is 0 Å². The van der Waals surface area contributed by atoms with E-state index in [0.717, 1.165) is 25.0 Å². The third kappa shape index (κ3) is 6.12. The first kappa shape index (κ1) is 27.1. The number of nitrogens with zero attached hydrogens (tertiary/aromatic N) is 3. The Bertz CT molecular complexity index is 1480. The first-order valence-electron chi connectivity index (χ1n) is 12.4. The van der Waals surface area contributed by atoms with Gasteiger partial charge in [-0.05, 0) is 36.8 Å². The first-order chi connectivity index (χ1) is 18.4. The van der Waals surface area contributed by atoms with Crippen LogP contribution >= 0.6 is 0 Å². The van der Waals surface area contributed by atoms with Gasteiger partial charge in [-0.15, -0.1) is 0 Å². The number of anilines is 1. The highest BCUT2D eigenvalue weighted by Gasteiger charge is 2.25. The van der Waals surface area contributed by atoms with Crippen molar-refractivity contribution in [2.24, 2.45) is 0 Å². The minimum atomic E-state index is -3.93. The normalized spacial score (nSPS) is 15.1. The Labute approximate surface area is 224 Å². The Morgan fingerprint density at radius 1 is 1.13 bits per heavy atom. The predicted molar refractivity (Wildman–Crippen MR) is 151 cm³/mol. The second-order valence-corrected chi connectivity index (χ2v) is 10.5. The zero-order valence-corrected chi connectivity index (χ0v) is 22.4. The number of rotatable bonds is 9. The Morgan fingerprint density at radius 3 is 2.61 bits per heavy atom. The lowest BCUT2D eigenvalue weighted by Crippen LogP contribution is -2.49. The molecule has 0 bridgehead atoms. The number of fused-ring (bicyclic) bond motifs is 1. The molecule has 1 amide bonds. The Kier molecular flexibility index (Phi) is 8.60. The van der Waals surface area contributed by atoms with Crippen LogP contribution in [0.4, 0.5) is 5.69 Å². The molecule has 1 saturated heterocycles. The molecular weight excluding hydrogens is 500 g/mol. The number of aromatic nitrogens is 1. The van der Waals surface area contributed by atoms with Crippen LogP contribution in [0.2, 0.25) is 0 Å². The number of allylic oxidation sites excluding steroid dienone is 3. The summed E-state index contributed by atoms with van der Waals surface area (Å²) in [5.74, 6) is 0.155. The number of amides is 1. The lowest BCUT2D eigenvalue weighted by Gasteiger charge is -2.35. The first-order valence-corrected chi connectivity index (χ1v) is 13.8. The summed E-state index contributed by atoms with van der Waals surface area (Å²) in [6.45, 7) is 9.22. The summed E-state index contributed by atoms with van der Waals surface area (Å²) in [5, 5.41) is 0.726. The molecule has 1 aliphatic heterocycles. The molecule has 2 aromatic carbocycles. The average molecular weight is 533 g/mol. The van der Waals surface area contributed by atoms with Crippen molar-refractivity contribution in [3.63, 3.8) is 0 Å². The van der Waals surface area contributed by atoms with E-state index >= 15 is 0 Å². The molecule has 1 N–H and O–H groups in total. The molecule has 38 heavy (non-hydrogen) atoms. The highest BCUT2D eigenvalue weighted by molar-refractivity contribution is 7.93. The molecule has 198 valence electrons. The van der Waals surface area contributed by atoms with Gasteiger partial charge in [0.2, 0.25) is 0 Å². The van der Waals surface area contributed by atoms with Gasteiger partial charge >= 0.3 is 0 Å². The molecule has 0 unspecified atom stereocenters. The van der Waals surface area contributed by atoms with Crippen molar-refractivity contribution in [3.05, 3.63) is 96.7 Å². The quantitative estimate of drug-likeness (QED) is 0.409. The second-order valence-electron chi connectivity index (χ2n) is 8.90. The number of sulfonamides is 1. The summed E-state index contributed by atoms with van der Waals surface area (Å²) in [7, 11) is -2.46. The zero-order chi connectivity index (χ0) is 27.1. The summed E-state index contributed by atoms with van der Waals surface area (Å²) in [5.41, 5.74) is 2.23. The maximum Gasteiger partial charge on any atom is 0.264 e. The summed E-state index contributed by atoms with van der Waals surface area (Å²) in [4.78, 5) is 21.7. The van der Waals surface area contributed by atoms with Crippen molar-refractivity contribution in [1.29, 1.82) is 0 Å². The molecule has 0 atom stereocenters. The third-order valence-electron chi connectivity index (χ3n) is 6.35. The Hall–Kier alpha value is -3.95. The van der Waals surface area contributed by atoms with Crippen LogP contribution < -0.4 is 9.46 Å². The molecule has 3 aromatic rings. The molecule has 4 rings (SSSR count). The number of methoxy groups -OCH3 is 1. The number of hydrogen-bond acceptors (Lipinski definition) is 6. The topological polar surface area (TPSA) is 91.8 Å². The van der Waals surface area contributed by atoms with E-state index in [0.29, 0.717) is 35.6 Å². The number of piperazine rings is 1. The SMILES string of the molecule is C=C/C=C(\C=C/C)CN1CCN(C(=O)c2ccc(NS(=O)(=O)c3cccc4cccnc34)cc2OC)CC1. The fourth-order valence-electron chi connectivity index (χ4n) is 4.50. The van der Waals surface area contributed by atoms with Gasteiger partial charge in [0.1, 0.15) is 10.6 Å². The van der Waals surface area contributed by atoms with Crippen LogP contribution in [0.5, 0.6) is 5.75 Å². The third-order valence-corrected chi connectivity index (χ3v) is 7.76. The number of benzene rings is 2. The van der Waals surface area contributed by atoms with Gasteiger partial charge < -0.3 is 9.64 Å². The maximum atomic E-state index is 13.3. The molecule has 0 saturated carbocycles. The number of carbonyl (C=O) groups is 1. The van der Waals surface area contributed by atoms with Crippen LogP contribution in [-0.2, 0) is 10.0 Å². The highest BCUT2D eigenvalue weighted by atomic mass is 32.2. The summed E-state index contributed by atoms with van der Waals surface area (Å²) >= 11 is 0. The number of ether oxygens (including phenoxy) is 1. The van der Waals surface area contributed by atoms with Crippen molar-refractivity contribution in [2.75, 3.05) is 44.6 Å². The molecule has 1 aliphatic rings. The van der Waals surface area contributed by atoms with E-state index in [1.54, 1.807) is 41.4 Å². The van der Waals surface area contributed by atoms with E-state index in [4.69, 9.17) is 4.74 Å². The van der Waals surface area contributed by atoms with E-state index in [9.17, 15) is 13.2 Å². The van der Waals surface area contributed by atoms with Gasteiger partial charge in [-0.25, -0.2) is 8.42 Å². The number of carbonyl (C=O) groups excluding carboxylic acids is 1. The minimum absolute atomic E-state index is 0.0770. The molecule has 0 radical (unpaired) electrons. The van der Waals surface area contributed by atoms with Gasteiger partial charge in [0, 0.05) is 50.4 Å². The van der Waals surface area contributed by atoms with Crippen molar-refractivity contribution in [2.45, 2.75) is 11.8 Å². The molecular formula is C29H32N4O4S. The van der Waals surface area contributed by atoms with Crippen LogP contribution in [0.25, 0.3) is 10.9 Å². The smallest absolute Gasteiger partial charge is 0.264 e. The number of pyridine rings is 1. The zero-order valence-electron chi connectivity index (χ0n) is 21.6. The van der Waals surface area contributed by atoms with Gasteiger partial charge in [0.15, 0.2) is 0 Å². The predicted octanol–water partition coefficient (Wildman–Crippen LogP) is 4.49. The summed E-state index contributed by atoms with van der Waals surface area (Å²) in [6.07, 6.45) is 9.41. The van der Waals surface area contributed by atoms with Gasteiger partial charge in [-0.1, -0.05) is 49.1 Å². The van der Waals surface area contributed by atoms with Gasteiger partial charge in [0.25, 0.3) is 15.9 Å². The maximum absolute atomic E-state index is 13.3. The molecule has 1 aromatic heterocycles. The van der Waals surface area contributed by atoms with E-state index in [1.807, 2.05) is 31.2 Å². The highest BCUT2D eigenvalue weighted by Crippen LogP contribution is 2.28. The van der Waals surface area contributed by atoms with Crippen LogP contribution in [0.1, 0.15) is 17.3 Å². The Balaban J connectivity index is 1.47. The summed E-state index contributed by atoms with van der Waals surface area (Å²) in [6, 6.07) is 13.3. The van der Waals surface area contributed by atoms with E-state index in [2.05, 4.69) is 27.3 Å². The van der Waals surface area contributed by atoms with Gasteiger partial charge in [0.05, 0.1) is 23.9 Å². The minimum Gasteiger partial charge on any atom is -0.496 e. The average Bonchev–Trinajstić information content (AvgIpc) is 2.92. The molecule has 8 nitrogen and oxygen atoms in total. The molecule has 2 heterocycles.